The van der Waals surface area contributed by atoms with Crippen LogP contribution in [0.15, 0.2) is 47.2 Å². The molecule has 196 valence electrons. The highest BCUT2D eigenvalue weighted by Gasteiger charge is 2.22. The molecule has 1 aliphatic rings. The van der Waals surface area contributed by atoms with Crippen molar-refractivity contribution >= 4 is 35.0 Å². The molecular weight excluding hydrogens is 468 g/mol. The summed E-state index contributed by atoms with van der Waals surface area (Å²) in [6.45, 7) is 10.1. The highest BCUT2D eigenvalue weighted by molar-refractivity contribution is 5.92. The van der Waals surface area contributed by atoms with Gasteiger partial charge < -0.3 is 30.6 Å². The van der Waals surface area contributed by atoms with E-state index in [2.05, 4.69) is 46.9 Å². The lowest BCUT2D eigenvalue weighted by Crippen LogP contribution is -2.20. The maximum Gasteiger partial charge on any atom is 0.224 e. The SMILES string of the molecule is Cc1ccc(Nc2cc(C(C)(C)C)on2)cc1NCC(C=N)c1cnccc1NC(=O)CC1CCOC1. The lowest BCUT2D eigenvalue weighted by atomic mass is 9.93. The Labute approximate surface area is 217 Å². The molecule has 9 heteroatoms. The minimum absolute atomic E-state index is 0.0447. The van der Waals surface area contributed by atoms with Crippen LogP contribution >= 0.6 is 0 Å². The largest absolute Gasteiger partial charge is 0.384 e. The second kappa shape index (κ2) is 11.6. The molecule has 1 aliphatic heterocycles. The quantitative estimate of drug-likeness (QED) is 0.264. The van der Waals surface area contributed by atoms with Crippen molar-refractivity contribution in [2.75, 3.05) is 35.7 Å². The summed E-state index contributed by atoms with van der Waals surface area (Å²) in [7, 11) is 0. The van der Waals surface area contributed by atoms with Crippen molar-refractivity contribution in [2.24, 2.45) is 5.92 Å². The van der Waals surface area contributed by atoms with E-state index >= 15 is 0 Å². The first-order valence-corrected chi connectivity index (χ1v) is 12.6. The fraction of sp³-hybridized carbons (Fsp3) is 0.429. The Kier molecular flexibility index (Phi) is 8.23. The van der Waals surface area contributed by atoms with Crippen LogP contribution in [0.3, 0.4) is 0 Å². The maximum absolute atomic E-state index is 12.6. The highest BCUT2D eigenvalue weighted by Crippen LogP contribution is 2.29. The van der Waals surface area contributed by atoms with Crippen LogP contribution in [-0.4, -0.2) is 42.0 Å². The third-order valence-electron chi connectivity index (χ3n) is 6.50. The van der Waals surface area contributed by atoms with Crippen LogP contribution in [-0.2, 0) is 14.9 Å². The summed E-state index contributed by atoms with van der Waals surface area (Å²) in [5.74, 6) is 1.39. The lowest BCUT2D eigenvalue weighted by molar-refractivity contribution is -0.117. The van der Waals surface area contributed by atoms with Crippen LogP contribution in [0.5, 0.6) is 0 Å². The molecule has 2 atom stereocenters. The average molecular weight is 505 g/mol. The number of carbonyl (C=O) groups excluding carboxylic acids is 1. The summed E-state index contributed by atoms with van der Waals surface area (Å²) in [6, 6.07) is 9.73. The monoisotopic (exact) mass is 504 g/mol. The molecular formula is C28H36N6O3. The molecule has 2 aromatic heterocycles. The van der Waals surface area contributed by atoms with Crippen molar-refractivity contribution in [3.05, 3.63) is 59.6 Å². The minimum atomic E-state index is -0.278. The number of carbonyl (C=O) groups is 1. The van der Waals surface area contributed by atoms with Gasteiger partial charge in [-0.15, -0.1) is 0 Å². The van der Waals surface area contributed by atoms with Gasteiger partial charge in [-0.05, 0) is 43.0 Å². The van der Waals surface area contributed by atoms with Gasteiger partial charge >= 0.3 is 0 Å². The predicted molar refractivity (Wildman–Crippen MR) is 146 cm³/mol. The molecule has 1 saturated heterocycles. The molecule has 3 aromatic rings. The molecule has 9 nitrogen and oxygen atoms in total. The van der Waals surface area contributed by atoms with Gasteiger partial charge in [-0.3, -0.25) is 9.78 Å². The molecule has 1 aromatic carbocycles. The molecule has 37 heavy (non-hydrogen) atoms. The Morgan fingerprint density at radius 3 is 2.78 bits per heavy atom. The molecule has 3 heterocycles. The van der Waals surface area contributed by atoms with Crippen LogP contribution in [0.1, 0.15) is 56.4 Å². The first-order chi connectivity index (χ1) is 17.7. The smallest absolute Gasteiger partial charge is 0.224 e. The summed E-state index contributed by atoms with van der Waals surface area (Å²) in [5, 5.41) is 22.0. The van der Waals surface area contributed by atoms with Crippen molar-refractivity contribution < 1.29 is 14.1 Å². The van der Waals surface area contributed by atoms with Gasteiger partial charge in [0.15, 0.2) is 5.82 Å². The Bertz CT molecular complexity index is 1230. The Hall–Kier alpha value is -3.72. The summed E-state index contributed by atoms with van der Waals surface area (Å²) in [4.78, 5) is 16.9. The summed E-state index contributed by atoms with van der Waals surface area (Å²) in [6.07, 6.45) is 6.09. The molecule has 0 aliphatic carbocycles. The van der Waals surface area contributed by atoms with Gasteiger partial charge in [0.2, 0.25) is 5.91 Å². The standard InChI is InChI=1S/C28H36N6O3/c1-18-5-6-21(32-26-13-25(37-34-26)28(2,3)4)12-24(18)31-15-20(14-29)22-16-30-9-7-23(22)33-27(35)11-19-8-10-36-17-19/h5-7,9,12-14,16,19-20,29,31H,8,10-11,15,17H2,1-4H3,(H,32,34)(H,30,33,35). The molecule has 2 unspecified atom stereocenters. The molecule has 1 amide bonds. The van der Waals surface area contributed by atoms with Crippen molar-refractivity contribution in [3.8, 4) is 0 Å². The average Bonchev–Trinajstić information content (AvgIpc) is 3.54. The van der Waals surface area contributed by atoms with Gasteiger partial charge in [0.05, 0.1) is 0 Å². The van der Waals surface area contributed by atoms with Gasteiger partial charge in [-0.1, -0.05) is 32.0 Å². The van der Waals surface area contributed by atoms with E-state index < -0.39 is 0 Å². The van der Waals surface area contributed by atoms with Crippen molar-refractivity contribution in [3.63, 3.8) is 0 Å². The summed E-state index contributed by atoms with van der Waals surface area (Å²) >= 11 is 0. The van der Waals surface area contributed by atoms with Crippen molar-refractivity contribution in [1.82, 2.24) is 10.1 Å². The van der Waals surface area contributed by atoms with Crippen LogP contribution in [0.2, 0.25) is 0 Å². The van der Waals surface area contributed by atoms with Gasteiger partial charge in [0.25, 0.3) is 0 Å². The van der Waals surface area contributed by atoms with Crippen LogP contribution in [0, 0.1) is 18.3 Å². The van der Waals surface area contributed by atoms with E-state index in [0.717, 1.165) is 34.7 Å². The van der Waals surface area contributed by atoms with E-state index in [-0.39, 0.29) is 23.2 Å². The van der Waals surface area contributed by atoms with E-state index in [1.807, 2.05) is 31.2 Å². The number of nitrogens with zero attached hydrogens (tertiary/aromatic N) is 2. The number of aromatic nitrogens is 2. The zero-order valence-electron chi connectivity index (χ0n) is 21.9. The fourth-order valence-corrected chi connectivity index (χ4v) is 4.23. The number of pyridine rings is 1. The summed E-state index contributed by atoms with van der Waals surface area (Å²) < 4.78 is 10.9. The zero-order chi connectivity index (χ0) is 26.4. The molecule has 4 rings (SSSR count). The van der Waals surface area contributed by atoms with Gasteiger partial charge in [0, 0.05) is 84.8 Å². The molecule has 0 bridgehead atoms. The number of aryl methyl sites for hydroxylation is 1. The number of anilines is 4. The first kappa shape index (κ1) is 26.3. The van der Waals surface area contributed by atoms with Crippen LogP contribution < -0.4 is 16.0 Å². The fourth-order valence-electron chi connectivity index (χ4n) is 4.23. The van der Waals surface area contributed by atoms with Gasteiger partial charge in [-0.2, -0.15) is 0 Å². The van der Waals surface area contributed by atoms with E-state index in [1.54, 1.807) is 18.5 Å². The van der Waals surface area contributed by atoms with Crippen LogP contribution in [0.4, 0.5) is 22.9 Å². The number of hydrogen-bond donors (Lipinski definition) is 4. The lowest BCUT2D eigenvalue weighted by Gasteiger charge is -2.19. The van der Waals surface area contributed by atoms with Crippen molar-refractivity contribution in [1.29, 1.82) is 5.41 Å². The number of ether oxygens (including phenoxy) is 1. The Morgan fingerprint density at radius 2 is 2.08 bits per heavy atom. The van der Waals surface area contributed by atoms with Gasteiger partial charge in [0.1, 0.15) is 5.76 Å². The normalized spacial score (nSPS) is 16.3. The van der Waals surface area contributed by atoms with E-state index in [1.165, 1.54) is 6.21 Å². The Morgan fingerprint density at radius 1 is 1.24 bits per heavy atom. The number of amides is 1. The first-order valence-electron chi connectivity index (χ1n) is 12.6. The molecule has 4 N–H and O–H groups in total. The molecule has 0 spiro atoms. The molecule has 0 radical (unpaired) electrons. The maximum atomic E-state index is 12.6. The third kappa shape index (κ3) is 6.95. The van der Waals surface area contributed by atoms with E-state index in [0.29, 0.717) is 37.7 Å². The van der Waals surface area contributed by atoms with Crippen LogP contribution in [0.25, 0.3) is 0 Å². The van der Waals surface area contributed by atoms with E-state index in [4.69, 9.17) is 14.7 Å². The second-order valence-electron chi connectivity index (χ2n) is 10.6. The molecule has 0 saturated carbocycles. The third-order valence-corrected chi connectivity index (χ3v) is 6.50. The summed E-state index contributed by atoms with van der Waals surface area (Å²) in [5.41, 5.74) is 4.24. The molecule has 1 fully saturated rings. The topological polar surface area (TPSA) is 125 Å². The van der Waals surface area contributed by atoms with Crippen molar-refractivity contribution in [2.45, 2.75) is 51.9 Å². The highest BCUT2D eigenvalue weighted by atomic mass is 16.5. The Balaban J connectivity index is 1.43. The number of benzene rings is 1. The van der Waals surface area contributed by atoms with E-state index in [9.17, 15) is 4.79 Å². The number of rotatable bonds is 10. The number of nitrogens with one attached hydrogen (secondary N) is 4. The number of hydrogen-bond acceptors (Lipinski definition) is 8. The second-order valence-corrected chi connectivity index (χ2v) is 10.6. The minimum Gasteiger partial charge on any atom is -0.384 e. The predicted octanol–water partition coefficient (Wildman–Crippen LogP) is 5.63. The van der Waals surface area contributed by atoms with Gasteiger partial charge in [-0.25, -0.2) is 0 Å². The zero-order valence-corrected chi connectivity index (χ0v) is 21.9.